The number of hydrogen-bond donors (Lipinski definition) is 1. The third-order valence-electron chi connectivity index (χ3n) is 5.58. The molecule has 164 valence electrons. The zero-order valence-corrected chi connectivity index (χ0v) is 20.4. The van der Waals surface area contributed by atoms with E-state index in [0.717, 1.165) is 60.6 Å². The summed E-state index contributed by atoms with van der Waals surface area (Å²) in [7, 11) is 0. The molecule has 32 heavy (non-hydrogen) atoms. The Morgan fingerprint density at radius 1 is 1.16 bits per heavy atom. The maximum absolute atomic E-state index is 12.7. The van der Waals surface area contributed by atoms with Gasteiger partial charge in [0.25, 0.3) is 5.91 Å². The fourth-order valence-corrected chi connectivity index (χ4v) is 4.65. The van der Waals surface area contributed by atoms with Crippen LogP contribution in [0.25, 0.3) is 11.3 Å². The van der Waals surface area contributed by atoms with Gasteiger partial charge in [-0.25, -0.2) is 4.98 Å². The summed E-state index contributed by atoms with van der Waals surface area (Å²) in [5.41, 5.74) is 4.87. The number of aromatic nitrogens is 1. The standard InChI is InChI=1S/C25H25BrN4OS/c1-3-10-29-11-13-30(14-12-29)16-19-4-6-20(7-5-19)24(31)28-25-27-23(17-32-25)21-8-9-22(26)18(2)15-21/h1,4-9,15,17H,10-14,16H2,2H3,(H,27,28,31). The minimum atomic E-state index is -0.146. The largest absolute Gasteiger partial charge is 0.298 e. The number of carbonyl (C=O) groups excluding carboxylic acids is 1. The second-order valence-electron chi connectivity index (χ2n) is 7.91. The molecule has 2 aromatic carbocycles. The van der Waals surface area contributed by atoms with Gasteiger partial charge in [0, 0.05) is 53.7 Å². The van der Waals surface area contributed by atoms with Crippen LogP contribution in [0.4, 0.5) is 5.13 Å². The van der Waals surface area contributed by atoms with Crippen molar-refractivity contribution in [3.8, 4) is 23.6 Å². The van der Waals surface area contributed by atoms with Crippen molar-refractivity contribution in [2.45, 2.75) is 13.5 Å². The topological polar surface area (TPSA) is 48.5 Å². The molecule has 1 N–H and O–H groups in total. The summed E-state index contributed by atoms with van der Waals surface area (Å²) in [6.07, 6.45) is 5.40. The molecule has 1 aliphatic rings. The Labute approximate surface area is 201 Å². The van der Waals surface area contributed by atoms with E-state index < -0.39 is 0 Å². The molecular weight excluding hydrogens is 484 g/mol. The molecule has 4 rings (SSSR count). The van der Waals surface area contributed by atoms with Gasteiger partial charge in [0.2, 0.25) is 0 Å². The summed E-state index contributed by atoms with van der Waals surface area (Å²) in [5.74, 6) is 2.57. The molecule has 1 aliphatic heterocycles. The molecule has 1 amide bonds. The third-order valence-corrected chi connectivity index (χ3v) is 7.23. The molecule has 0 atom stereocenters. The van der Waals surface area contributed by atoms with Crippen molar-refractivity contribution >= 4 is 38.3 Å². The molecule has 3 aromatic rings. The van der Waals surface area contributed by atoms with Crippen LogP contribution in [0.2, 0.25) is 0 Å². The van der Waals surface area contributed by atoms with E-state index in [1.54, 1.807) is 0 Å². The van der Waals surface area contributed by atoms with Crippen molar-refractivity contribution in [3.05, 3.63) is 69.0 Å². The monoisotopic (exact) mass is 508 g/mol. The summed E-state index contributed by atoms with van der Waals surface area (Å²) in [6, 6.07) is 13.9. The third kappa shape index (κ3) is 5.64. The van der Waals surface area contributed by atoms with Crippen molar-refractivity contribution in [1.29, 1.82) is 0 Å². The molecule has 0 spiro atoms. The average Bonchev–Trinajstić information content (AvgIpc) is 3.26. The van der Waals surface area contributed by atoms with Crippen LogP contribution in [0, 0.1) is 19.3 Å². The number of rotatable bonds is 6. The number of carbonyl (C=O) groups is 1. The first-order chi connectivity index (χ1) is 15.5. The van der Waals surface area contributed by atoms with E-state index in [0.29, 0.717) is 10.7 Å². The Morgan fingerprint density at radius 2 is 1.88 bits per heavy atom. The Morgan fingerprint density at radius 3 is 2.56 bits per heavy atom. The van der Waals surface area contributed by atoms with Crippen molar-refractivity contribution in [3.63, 3.8) is 0 Å². The Kier molecular flexibility index (Phi) is 7.38. The number of thiazole rings is 1. The highest BCUT2D eigenvalue weighted by Crippen LogP contribution is 2.28. The number of amides is 1. The highest BCUT2D eigenvalue weighted by molar-refractivity contribution is 9.10. The van der Waals surface area contributed by atoms with E-state index in [4.69, 9.17) is 6.42 Å². The van der Waals surface area contributed by atoms with Gasteiger partial charge in [-0.05, 0) is 42.3 Å². The van der Waals surface area contributed by atoms with Gasteiger partial charge in [-0.1, -0.05) is 40.0 Å². The predicted molar refractivity (Wildman–Crippen MR) is 135 cm³/mol. The molecule has 0 aliphatic carbocycles. The van der Waals surface area contributed by atoms with E-state index in [1.807, 2.05) is 48.7 Å². The van der Waals surface area contributed by atoms with E-state index >= 15 is 0 Å². The number of benzene rings is 2. The lowest BCUT2D eigenvalue weighted by Crippen LogP contribution is -2.45. The van der Waals surface area contributed by atoms with E-state index in [-0.39, 0.29) is 5.91 Å². The fraction of sp³-hybridized carbons (Fsp3) is 0.280. The van der Waals surface area contributed by atoms with Crippen LogP contribution in [0.15, 0.2) is 52.3 Å². The fourth-order valence-electron chi connectivity index (χ4n) is 3.69. The van der Waals surface area contributed by atoms with E-state index in [1.165, 1.54) is 16.9 Å². The SMILES string of the molecule is C#CCN1CCN(Cc2ccc(C(=O)Nc3nc(-c4ccc(Br)c(C)c4)cs3)cc2)CC1. The molecule has 7 heteroatoms. The van der Waals surface area contributed by atoms with Gasteiger partial charge in [-0.3, -0.25) is 19.9 Å². The van der Waals surface area contributed by atoms with Gasteiger partial charge in [-0.2, -0.15) is 0 Å². The zero-order chi connectivity index (χ0) is 22.5. The van der Waals surface area contributed by atoms with Crippen molar-refractivity contribution in [1.82, 2.24) is 14.8 Å². The summed E-state index contributed by atoms with van der Waals surface area (Å²) in [4.78, 5) is 22.0. The van der Waals surface area contributed by atoms with Crippen LogP contribution < -0.4 is 5.32 Å². The summed E-state index contributed by atoms with van der Waals surface area (Å²) < 4.78 is 1.07. The summed E-state index contributed by atoms with van der Waals surface area (Å²) in [6.45, 7) is 7.67. The maximum Gasteiger partial charge on any atom is 0.257 e. The summed E-state index contributed by atoms with van der Waals surface area (Å²) >= 11 is 4.95. The number of halogens is 1. The number of aryl methyl sites for hydroxylation is 1. The maximum atomic E-state index is 12.7. The normalized spacial score (nSPS) is 14.8. The number of anilines is 1. The minimum absolute atomic E-state index is 0.146. The molecular formula is C25H25BrN4OS. The van der Waals surface area contributed by atoms with Crippen LogP contribution in [-0.2, 0) is 6.54 Å². The molecule has 0 bridgehead atoms. The second kappa shape index (κ2) is 10.4. The van der Waals surface area contributed by atoms with Crippen molar-refractivity contribution in [2.75, 3.05) is 38.0 Å². The lowest BCUT2D eigenvalue weighted by Gasteiger charge is -2.33. The smallest absolute Gasteiger partial charge is 0.257 e. The first-order valence-electron chi connectivity index (χ1n) is 10.5. The number of nitrogens with one attached hydrogen (secondary N) is 1. The predicted octanol–water partition coefficient (Wildman–Crippen LogP) is 4.88. The van der Waals surface area contributed by atoms with Gasteiger partial charge < -0.3 is 0 Å². The molecule has 1 fully saturated rings. The summed E-state index contributed by atoms with van der Waals surface area (Å²) in [5, 5.41) is 5.48. The number of hydrogen-bond acceptors (Lipinski definition) is 5. The second-order valence-corrected chi connectivity index (χ2v) is 9.62. The van der Waals surface area contributed by atoms with Gasteiger partial charge in [0.1, 0.15) is 0 Å². The Bertz CT molecular complexity index is 1130. The highest BCUT2D eigenvalue weighted by atomic mass is 79.9. The van der Waals surface area contributed by atoms with Crippen LogP contribution in [0.1, 0.15) is 21.5 Å². The van der Waals surface area contributed by atoms with Crippen molar-refractivity contribution in [2.24, 2.45) is 0 Å². The molecule has 0 saturated carbocycles. The van der Waals surface area contributed by atoms with Crippen molar-refractivity contribution < 1.29 is 4.79 Å². The van der Waals surface area contributed by atoms with E-state index in [9.17, 15) is 4.79 Å². The van der Waals surface area contributed by atoms with Gasteiger partial charge >= 0.3 is 0 Å². The van der Waals surface area contributed by atoms with Gasteiger partial charge in [0.15, 0.2) is 5.13 Å². The molecule has 1 aromatic heterocycles. The lowest BCUT2D eigenvalue weighted by atomic mass is 10.1. The molecule has 0 radical (unpaired) electrons. The van der Waals surface area contributed by atoms with Crippen LogP contribution >= 0.6 is 27.3 Å². The zero-order valence-electron chi connectivity index (χ0n) is 18.0. The quantitative estimate of drug-likeness (QED) is 0.481. The molecule has 1 saturated heterocycles. The number of nitrogens with zero attached hydrogens (tertiary/aromatic N) is 3. The first kappa shape index (κ1) is 22.7. The first-order valence-corrected chi connectivity index (χ1v) is 12.2. The lowest BCUT2D eigenvalue weighted by molar-refractivity contribution is 0.102. The highest BCUT2D eigenvalue weighted by Gasteiger charge is 2.16. The number of terminal acetylenes is 1. The van der Waals surface area contributed by atoms with Gasteiger partial charge in [-0.15, -0.1) is 17.8 Å². The van der Waals surface area contributed by atoms with Crippen LogP contribution in [-0.4, -0.2) is 53.4 Å². The average molecular weight is 509 g/mol. The van der Waals surface area contributed by atoms with E-state index in [2.05, 4.69) is 48.0 Å². The molecule has 2 heterocycles. The minimum Gasteiger partial charge on any atom is -0.298 e. The Hall–Kier alpha value is -2.50. The number of piperazine rings is 1. The molecule has 5 nitrogen and oxygen atoms in total. The van der Waals surface area contributed by atoms with Crippen LogP contribution in [0.5, 0.6) is 0 Å². The van der Waals surface area contributed by atoms with Gasteiger partial charge in [0.05, 0.1) is 12.2 Å². The van der Waals surface area contributed by atoms with Crippen LogP contribution in [0.3, 0.4) is 0 Å². The molecule has 0 unspecified atom stereocenters. The Balaban J connectivity index is 1.33.